The first kappa shape index (κ1) is 16.3. The first-order chi connectivity index (χ1) is 12.7. The maximum Gasteiger partial charge on any atom is 0.251 e. The second-order valence-corrected chi connectivity index (χ2v) is 6.26. The van der Waals surface area contributed by atoms with Crippen LogP contribution in [-0.2, 0) is 0 Å². The number of benzene rings is 2. The minimum absolute atomic E-state index is 0.0736. The third-order valence-electron chi connectivity index (χ3n) is 4.39. The van der Waals surface area contributed by atoms with Gasteiger partial charge in [-0.05, 0) is 37.1 Å². The number of fused-ring (bicyclic) bond motifs is 1. The molecule has 6 nitrogen and oxygen atoms in total. The summed E-state index contributed by atoms with van der Waals surface area (Å²) in [6.07, 6.45) is 1.73. The molecule has 0 aliphatic carbocycles. The van der Waals surface area contributed by atoms with Gasteiger partial charge in [-0.3, -0.25) is 4.79 Å². The van der Waals surface area contributed by atoms with Gasteiger partial charge in [-0.25, -0.2) is 0 Å². The number of amides is 1. The number of nitrogens with one attached hydrogen (secondary N) is 1. The molecule has 0 saturated carbocycles. The van der Waals surface area contributed by atoms with Crippen molar-refractivity contribution >= 4 is 5.91 Å². The van der Waals surface area contributed by atoms with E-state index in [0.717, 1.165) is 29.7 Å². The lowest BCUT2D eigenvalue weighted by Crippen LogP contribution is -2.28. The molecule has 1 unspecified atom stereocenters. The number of ether oxygens (including phenoxy) is 1. The summed E-state index contributed by atoms with van der Waals surface area (Å²) in [7, 11) is 0. The third kappa shape index (κ3) is 3.31. The molecule has 0 fully saturated rings. The number of aryl methyl sites for hydroxylation is 1. The van der Waals surface area contributed by atoms with E-state index in [0.29, 0.717) is 24.0 Å². The van der Waals surface area contributed by atoms with Crippen molar-refractivity contribution in [1.82, 2.24) is 15.5 Å². The molecule has 1 amide bonds. The van der Waals surface area contributed by atoms with Crippen molar-refractivity contribution in [3.8, 4) is 17.2 Å². The van der Waals surface area contributed by atoms with E-state index in [9.17, 15) is 4.79 Å². The summed E-state index contributed by atoms with van der Waals surface area (Å²) in [5.74, 6) is 1.60. The first-order valence-electron chi connectivity index (χ1n) is 8.64. The van der Waals surface area contributed by atoms with Crippen LogP contribution >= 0.6 is 0 Å². The Morgan fingerprint density at radius 3 is 2.88 bits per heavy atom. The van der Waals surface area contributed by atoms with Crippen molar-refractivity contribution in [1.29, 1.82) is 0 Å². The van der Waals surface area contributed by atoms with Gasteiger partial charge in [0.1, 0.15) is 5.75 Å². The van der Waals surface area contributed by atoms with Crippen LogP contribution in [0.25, 0.3) is 11.5 Å². The minimum Gasteiger partial charge on any atom is -0.493 e. The molecule has 1 N–H and O–H groups in total. The van der Waals surface area contributed by atoms with E-state index in [1.165, 1.54) is 0 Å². The van der Waals surface area contributed by atoms with E-state index in [2.05, 4.69) is 15.5 Å². The monoisotopic (exact) mass is 349 g/mol. The van der Waals surface area contributed by atoms with Gasteiger partial charge in [0.2, 0.25) is 11.8 Å². The predicted octanol–water partition coefficient (Wildman–Crippen LogP) is 3.69. The first-order valence-corrected chi connectivity index (χ1v) is 8.64. The Labute approximate surface area is 151 Å². The zero-order valence-corrected chi connectivity index (χ0v) is 14.4. The highest BCUT2D eigenvalue weighted by Crippen LogP contribution is 2.31. The fourth-order valence-electron chi connectivity index (χ4n) is 3.12. The molecule has 6 heteroatoms. The summed E-state index contributed by atoms with van der Waals surface area (Å²) < 4.78 is 11.2. The SMILES string of the molecule is Cc1nnc(-c2cccc(C(=O)NC3CCCOc4ccccc43)c2)o1. The van der Waals surface area contributed by atoms with Crippen molar-refractivity contribution < 1.29 is 13.9 Å². The summed E-state index contributed by atoms with van der Waals surface area (Å²) >= 11 is 0. The number of rotatable bonds is 3. The van der Waals surface area contributed by atoms with Crippen LogP contribution in [0.3, 0.4) is 0 Å². The van der Waals surface area contributed by atoms with Crippen LogP contribution in [0.15, 0.2) is 52.9 Å². The molecular formula is C20H19N3O3. The van der Waals surface area contributed by atoms with E-state index >= 15 is 0 Å². The number of hydrogen-bond donors (Lipinski definition) is 1. The van der Waals surface area contributed by atoms with Crippen LogP contribution in [0.2, 0.25) is 0 Å². The zero-order chi connectivity index (χ0) is 17.9. The standard InChI is InChI=1S/C20H19N3O3/c1-13-22-23-20(26-13)15-7-4-6-14(12-15)19(24)21-17-9-5-11-25-18-10-3-2-8-16(17)18/h2-4,6-8,10,12,17H,5,9,11H2,1H3,(H,21,24). The van der Waals surface area contributed by atoms with Crippen LogP contribution in [0.4, 0.5) is 0 Å². The van der Waals surface area contributed by atoms with Gasteiger partial charge in [0, 0.05) is 23.6 Å². The van der Waals surface area contributed by atoms with E-state index in [1.54, 1.807) is 19.1 Å². The van der Waals surface area contributed by atoms with E-state index in [4.69, 9.17) is 9.15 Å². The van der Waals surface area contributed by atoms with Crippen LogP contribution in [-0.4, -0.2) is 22.7 Å². The summed E-state index contributed by atoms with van der Waals surface area (Å²) in [5.41, 5.74) is 2.30. The molecule has 132 valence electrons. The second-order valence-electron chi connectivity index (χ2n) is 6.26. The Kier molecular flexibility index (Phi) is 4.39. The molecule has 3 aromatic rings. The molecule has 0 saturated heterocycles. The number of hydrogen-bond acceptors (Lipinski definition) is 5. The summed E-state index contributed by atoms with van der Waals surface area (Å²) in [6.45, 7) is 2.40. The molecule has 1 atom stereocenters. The van der Waals surface area contributed by atoms with Gasteiger partial charge in [0.05, 0.1) is 12.6 Å². The quantitative estimate of drug-likeness (QED) is 0.780. The molecule has 0 spiro atoms. The third-order valence-corrected chi connectivity index (χ3v) is 4.39. The van der Waals surface area contributed by atoms with Gasteiger partial charge >= 0.3 is 0 Å². The Hall–Kier alpha value is -3.15. The zero-order valence-electron chi connectivity index (χ0n) is 14.4. The smallest absolute Gasteiger partial charge is 0.251 e. The van der Waals surface area contributed by atoms with Gasteiger partial charge < -0.3 is 14.5 Å². The Bertz CT molecular complexity index is 935. The normalized spacial score (nSPS) is 16.3. The van der Waals surface area contributed by atoms with Crippen molar-refractivity contribution in [2.24, 2.45) is 0 Å². The van der Waals surface area contributed by atoms with Gasteiger partial charge in [-0.1, -0.05) is 24.3 Å². The van der Waals surface area contributed by atoms with Crippen LogP contribution < -0.4 is 10.1 Å². The van der Waals surface area contributed by atoms with Crippen LogP contribution in [0.1, 0.15) is 40.7 Å². The molecule has 1 aliphatic rings. The Balaban J connectivity index is 1.57. The Morgan fingerprint density at radius 1 is 1.15 bits per heavy atom. The second kappa shape index (κ2) is 7.00. The number of carbonyl (C=O) groups excluding carboxylic acids is 1. The highest BCUT2D eigenvalue weighted by Gasteiger charge is 2.22. The van der Waals surface area contributed by atoms with Crippen LogP contribution in [0, 0.1) is 6.92 Å². The van der Waals surface area contributed by atoms with E-state index < -0.39 is 0 Å². The van der Waals surface area contributed by atoms with Crippen LogP contribution in [0.5, 0.6) is 5.75 Å². The molecule has 1 aliphatic heterocycles. The fourth-order valence-corrected chi connectivity index (χ4v) is 3.12. The van der Waals surface area contributed by atoms with Crippen molar-refractivity contribution in [3.63, 3.8) is 0 Å². The molecule has 1 aromatic heterocycles. The topological polar surface area (TPSA) is 77.2 Å². The van der Waals surface area contributed by atoms with Gasteiger partial charge in [-0.15, -0.1) is 10.2 Å². The fraction of sp³-hybridized carbons (Fsp3) is 0.250. The summed E-state index contributed by atoms with van der Waals surface area (Å²) in [4.78, 5) is 12.8. The molecule has 26 heavy (non-hydrogen) atoms. The molecule has 2 aromatic carbocycles. The lowest BCUT2D eigenvalue weighted by atomic mass is 10.0. The summed E-state index contributed by atoms with van der Waals surface area (Å²) in [6, 6.07) is 15.0. The van der Waals surface area contributed by atoms with Crippen molar-refractivity contribution in [2.45, 2.75) is 25.8 Å². The van der Waals surface area contributed by atoms with Gasteiger partial charge in [-0.2, -0.15) is 0 Å². The molecule has 2 heterocycles. The highest BCUT2D eigenvalue weighted by molar-refractivity contribution is 5.95. The van der Waals surface area contributed by atoms with Gasteiger partial charge in [0.15, 0.2) is 0 Å². The largest absolute Gasteiger partial charge is 0.493 e. The molecule has 4 rings (SSSR count). The molecule has 0 bridgehead atoms. The highest BCUT2D eigenvalue weighted by atomic mass is 16.5. The molecule has 0 radical (unpaired) electrons. The Morgan fingerprint density at radius 2 is 2.04 bits per heavy atom. The van der Waals surface area contributed by atoms with Crippen molar-refractivity contribution in [2.75, 3.05) is 6.61 Å². The van der Waals surface area contributed by atoms with E-state index in [1.807, 2.05) is 36.4 Å². The maximum absolute atomic E-state index is 12.8. The van der Waals surface area contributed by atoms with Gasteiger partial charge in [0.25, 0.3) is 5.91 Å². The number of aromatic nitrogens is 2. The number of para-hydroxylation sites is 1. The number of carbonyl (C=O) groups is 1. The summed E-state index contributed by atoms with van der Waals surface area (Å²) in [5, 5.41) is 11.0. The van der Waals surface area contributed by atoms with Crippen molar-refractivity contribution in [3.05, 3.63) is 65.5 Å². The lowest BCUT2D eigenvalue weighted by molar-refractivity contribution is 0.0934. The number of nitrogens with zero attached hydrogens (tertiary/aromatic N) is 2. The van der Waals surface area contributed by atoms with E-state index in [-0.39, 0.29) is 11.9 Å². The minimum atomic E-state index is -0.134. The average Bonchev–Trinajstić information content (AvgIpc) is 3.00. The average molecular weight is 349 g/mol. The maximum atomic E-state index is 12.8. The lowest BCUT2D eigenvalue weighted by Gasteiger charge is -2.18. The molecular weight excluding hydrogens is 330 g/mol. The predicted molar refractivity (Wildman–Crippen MR) is 95.8 cm³/mol.